The highest BCUT2D eigenvalue weighted by molar-refractivity contribution is 7.18. The monoisotopic (exact) mass is 369 g/mol. The van der Waals surface area contributed by atoms with Crippen molar-refractivity contribution in [3.05, 3.63) is 50.6 Å². The van der Waals surface area contributed by atoms with Gasteiger partial charge in [-0.2, -0.15) is 0 Å². The summed E-state index contributed by atoms with van der Waals surface area (Å²) >= 11 is 1.69. The average molecular weight is 369 g/mol. The molecule has 136 valence electrons. The Bertz CT molecular complexity index is 989. The first kappa shape index (κ1) is 17.1. The third-order valence-electron chi connectivity index (χ3n) is 5.00. The van der Waals surface area contributed by atoms with Crippen molar-refractivity contribution in [2.45, 2.75) is 45.7 Å². The number of hydrogen-bond donors (Lipinski definition) is 1. The van der Waals surface area contributed by atoms with Gasteiger partial charge in [0, 0.05) is 18.0 Å². The molecule has 0 unspecified atom stereocenters. The van der Waals surface area contributed by atoms with Gasteiger partial charge in [-0.05, 0) is 55.9 Å². The molecule has 0 aliphatic heterocycles. The lowest BCUT2D eigenvalue weighted by molar-refractivity contribution is 0.414. The third-order valence-corrected chi connectivity index (χ3v) is 6.19. The van der Waals surface area contributed by atoms with Gasteiger partial charge < -0.3 is 10.1 Å². The van der Waals surface area contributed by atoms with Crippen LogP contribution in [0.5, 0.6) is 5.75 Å². The van der Waals surface area contributed by atoms with Crippen LogP contribution < -0.4 is 15.6 Å². The molecule has 0 fully saturated rings. The van der Waals surface area contributed by atoms with Crippen LogP contribution in [0.15, 0.2) is 29.1 Å². The molecule has 3 aromatic rings. The molecule has 0 spiro atoms. The number of hydrogen-bond acceptors (Lipinski definition) is 5. The van der Waals surface area contributed by atoms with E-state index in [2.05, 4.69) is 5.32 Å². The quantitative estimate of drug-likeness (QED) is 0.739. The van der Waals surface area contributed by atoms with Crippen molar-refractivity contribution in [1.82, 2.24) is 9.55 Å². The molecule has 0 saturated heterocycles. The summed E-state index contributed by atoms with van der Waals surface area (Å²) in [7, 11) is 1.66. The van der Waals surface area contributed by atoms with Crippen molar-refractivity contribution in [3.63, 3.8) is 0 Å². The lowest BCUT2D eigenvalue weighted by Gasteiger charge is -2.13. The molecule has 1 aliphatic carbocycles. The fourth-order valence-electron chi connectivity index (χ4n) is 3.59. The van der Waals surface area contributed by atoms with E-state index < -0.39 is 0 Å². The van der Waals surface area contributed by atoms with Crippen molar-refractivity contribution in [2.75, 3.05) is 12.4 Å². The van der Waals surface area contributed by atoms with Crippen molar-refractivity contribution in [1.29, 1.82) is 0 Å². The molecule has 4 rings (SSSR count). The van der Waals surface area contributed by atoms with Gasteiger partial charge >= 0.3 is 0 Å². The van der Waals surface area contributed by atoms with E-state index in [0.717, 1.165) is 34.4 Å². The number of aryl methyl sites for hydroxylation is 2. The zero-order valence-electron chi connectivity index (χ0n) is 15.2. The Labute approximate surface area is 156 Å². The van der Waals surface area contributed by atoms with E-state index in [1.807, 2.05) is 31.2 Å². The molecule has 5 nitrogen and oxygen atoms in total. The van der Waals surface area contributed by atoms with Gasteiger partial charge in [0.1, 0.15) is 10.6 Å². The van der Waals surface area contributed by atoms with Crippen molar-refractivity contribution in [2.24, 2.45) is 0 Å². The Morgan fingerprint density at radius 1 is 1.23 bits per heavy atom. The van der Waals surface area contributed by atoms with E-state index in [1.165, 1.54) is 23.3 Å². The number of thiophene rings is 1. The molecule has 1 aliphatic rings. The zero-order chi connectivity index (χ0) is 18.1. The van der Waals surface area contributed by atoms with Crippen LogP contribution in [-0.2, 0) is 25.9 Å². The fourth-order valence-corrected chi connectivity index (χ4v) is 4.84. The molecule has 1 N–H and O–H groups in total. The second-order valence-electron chi connectivity index (χ2n) is 6.58. The van der Waals surface area contributed by atoms with Crippen LogP contribution in [0.4, 0.5) is 5.95 Å². The van der Waals surface area contributed by atoms with Gasteiger partial charge in [-0.15, -0.1) is 11.3 Å². The molecule has 0 radical (unpaired) electrons. The van der Waals surface area contributed by atoms with E-state index in [0.29, 0.717) is 19.0 Å². The number of ether oxygens (including phenoxy) is 1. The van der Waals surface area contributed by atoms with Crippen LogP contribution in [-0.4, -0.2) is 16.7 Å². The summed E-state index contributed by atoms with van der Waals surface area (Å²) in [6, 6.07) is 7.91. The average Bonchev–Trinajstić information content (AvgIpc) is 3.05. The number of fused-ring (bicyclic) bond motifs is 3. The van der Waals surface area contributed by atoms with Crippen molar-refractivity contribution in [3.8, 4) is 5.75 Å². The van der Waals surface area contributed by atoms with Crippen LogP contribution in [0.1, 0.15) is 35.8 Å². The maximum atomic E-state index is 13.1. The third kappa shape index (κ3) is 2.98. The smallest absolute Gasteiger partial charge is 0.263 e. The summed E-state index contributed by atoms with van der Waals surface area (Å²) in [4.78, 5) is 20.1. The highest BCUT2D eigenvalue weighted by atomic mass is 32.1. The molecule has 2 aromatic heterocycles. The summed E-state index contributed by atoms with van der Waals surface area (Å²) < 4.78 is 6.95. The zero-order valence-corrected chi connectivity index (χ0v) is 16.0. The highest BCUT2D eigenvalue weighted by Gasteiger charge is 2.21. The lowest BCUT2D eigenvalue weighted by atomic mass is 9.97. The molecule has 0 atom stereocenters. The summed E-state index contributed by atoms with van der Waals surface area (Å²) in [6.45, 7) is 3.22. The van der Waals surface area contributed by atoms with Crippen molar-refractivity contribution >= 4 is 27.5 Å². The van der Waals surface area contributed by atoms with Gasteiger partial charge in [0.15, 0.2) is 0 Å². The standard InChI is InChI=1S/C20H23N3O2S/c1-3-23-19(24)17-15-6-4-5-7-16(15)26-18(17)22-20(23)21-12-13-8-10-14(25-2)11-9-13/h8-11H,3-7,12H2,1-2H3,(H,21,22). The topological polar surface area (TPSA) is 56.1 Å². The summed E-state index contributed by atoms with van der Waals surface area (Å²) in [5.74, 6) is 1.49. The Morgan fingerprint density at radius 2 is 2.00 bits per heavy atom. The van der Waals surface area contributed by atoms with E-state index in [-0.39, 0.29) is 5.56 Å². The SMILES string of the molecule is CCn1c(NCc2ccc(OC)cc2)nc2sc3c(c2c1=O)CCCC3. The first-order valence-electron chi connectivity index (χ1n) is 9.13. The fraction of sp³-hybridized carbons (Fsp3) is 0.400. The predicted octanol–water partition coefficient (Wildman–Crippen LogP) is 3.98. The minimum Gasteiger partial charge on any atom is -0.497 e. The molecule has 0 bridgehead atoms. The lowest BCUT2D eigenvalue weighted by Crippen LogP contribution is -2.24. The number of methoxy groups -OCH3 is 1. The second-order valence-corrected chi connectivity index (χ2v) is 7.66. The van der Waals surface area contributed by atoms with E-state index in [9.17, 15) is 4.79 Å². The van der Waals surface area contributed by atoms with Crippen LogP contribution in [0.3, 0.4) is 0 Å². The van der Waals surface area contributed by atoms with Crippen LogP contribution >= 0.6 is 11.3 Å². The predicted molar refractivity (Wildman–Crippen MR) is 107 cm³/mol. The number of nitrogens with zero attached hydrogens (tertiary/aromatic N) is 2. The maximum Gasteiger partial charge on any atom is 0.263 e. The molecule has 6 heteroatoms. The van der Waals surface area contributed by atoms with Gasteiger partial charge in [-0.1, -0.05) is 12.1 Å². The number of anilines is 1. The minimum absolute atomic E-state index is 0.0918. The molecular formula is C20H23N3O2S. The van der Waals surface area contributed by atoms with Crippen LogP contribution in [0.25, 0.3) is 10.2 Å². The van der Waals surface area contributed by atoms with Gasteiger partial charge in [-0.3, -0.25) is 9.36 Å². The minimum atomic E-state index is 0.0918. The molecule has 0 saturated carbocycles. The van der Waals surface area contributed by atoms with Gasteiger partial charge in [-0.25, -0.2) is 4.98 Å². The number of nitrogens with one attached hydrogen (secondary N) is 1. The Morgan fingerprint density at radius 3 is 2.73 bits per heavy atom. The molecule has 0 amide bonds. The van der Waals surface area contributed by atoms with Crippen LogP contribution in [0.2, 0.25) is 0 Å². The molecule has 2 heterocycles. The Kier molecular flexibility index (Phi) is 4.68. The molecule has 26 heavy (non-hydrogen) atoms. The first-order chi connectivity index (χ1) is 12.7. The Hall–Kier alpha value is -2.34. The summed E-state index contributed by atoms with van der Waals surface area (Å²) in [5.41, 5.74) is 2.46. The summed E-state index contributed by atoms with van der Waals surface area (Å²) in [6.07, 6.45) is 4.47. The van der Waals surface area contributed by atoms with Crippen molar-refractivity contribution < 1.29 is 4.74 Å². The second kappa shape index (κ2) is 7.11. The number of aromatic nitrogens is 2. The van der Waals surface area contributed by atoms with Gasteiger partial charge in [0.25, 0.3) is 5.56 Å². The van der Waals surface area contributed by atoms with Gasteiger partial charge in [0.2, 0.25) is 5.95 Å². The van der Waals surface area contributed by atoms with E-state index >= 15 is 0 Å². The van der Waals surface area contributed by atoms with E-state index in [4.69, 9.17) is 9.72 Å². The molecular weight excluding hydrogens is 346 g/mol. The number of benzene rings is 1. The van der Waals surface area contributed by atoms with Gasteiger partial charge in [0.05, 0.1) is 12.5 Å². The largest absolute Gasteiger partial charge is 0.497 e. The van der Waals surface area contributed by atoms with E-state index in [1.54, 1.807) is 23.0 Å². The summed E-state index contributed by atoms with van der Waals surface area (Å²) in [5, 5.41) is 4.20. The molecule has 1 aromatic carbocycles. The maximum absolute atomic E-state index is 13.1. The highest BCUT2D eigenvalue weighted by Crippen LogP contribution is 2.34. The normalized spacial score (nSPS) is 13.6. The first-order valence-corrected chi connectivity index (χ1v) is 9.94. The number of rotatable bonds is 5. The Balaban J connectivity index is 1.68. The van der Waals surface area contributed by atoms with Crippen LogP contribution in [0, 0.1) is 0 Å².